The summed E-state index contributed by atoms with van der Waals surface area (Å²) in [7, 11) is -4.02. The van der Waals surface area contributed by atoms with Crippen molar-refractivity contribution in [2.75, 3.05) is 6.54 Å². The van der Waals surface area contributed by atoms with Crippen molar-refractivity contribution in [3.05, 3.63) is 59.4 Å². The van der Waals surface area contributed by atoms with Crippen LogP contribution >= 0.6 is 0 Å². The maximum Gasteiger partial charge on any atom is 0.274 e. The van der Waals surface area contributed by atoms with Crippen molar-refractivity contribution in [2.24, 2.45) is 5.92 Å². The predicted octanol–water partition coefficient (Wildman–Crippen LogP) is 3.74. The lowest BCUT2D eigenvalue weighted by atomic mass is 10.0. The van der Waals surface area contributed by atoms with Crippen molar-refractivity contribution in [2.45, 2.75) is 125 Å². The number of allylic oxidation sites excluding steroid dienone is 1. The van der Waals surface area contributed by atoms with Gasteiger partial charge in [0.2, 0.25) is 27.7 Å². The number of para-hydroxylation sites is 1. The summed E-state index contributed by atoms with van der Waals surface area (Å²) >= 11 is 0. The molecule has 3 N–H and O–H groups in total. The highest BCUT2D eigenvalue weighted by atomic mass is 32.2. The molecule has 3 saturated carbocycles. The van der Waals surface area contributed by atoms with E-state index in [1.54, 1.807) is 19.1 Å². The number of sulfonamides is 1. The van der Waals surface area contributed by atoms with Gasteiger partial charge in [-0.1, -0.05) is 43.1 Å². The second kappa shape index (κ2) is 14.5. The molecule has 2 aliphatic heterocycles. The molecule has 4 fully saturated rings. The van der Waals surface area contributed by atoms with Gasteiger partial charge in [0.15, 0.2) is 11.5 Å². The molecule has 0 spiro atoms. The van der Waals surface area contributed by atoms with Gasteiger partial charge < -0.3 is 24.8 Å². The van der Waals surface area contributed by atoms with E-state index in [-0.39, 0.29) is 48.8 Å². The zero-order valence-corrected chi connectivity index (χ0v) is 32.2. The Hall–Kier alpha value is -4.93. The van der Waals surface area contributed by atoms with Gasteiger partial charge in [-0.15, -0.1) is 0 Å². The van der Waals surface area contributed by atoms with Crippen molar-refractivity contribution in [1.29, 1.82) is 0 Å². The van der Waals surface area contributed by atoms with Crippen molar-refractivity contribution in [3.8, 4) is 5.88 Å². The van der Waals surface area contributed by atoms with Crippen LogP contribution in [0.3, 0.4) is 0 Å². The van der Waals surface area contributed by atoms with Crippen LogP contribution < -0.4 is 20.1 Å². The number of carbonyl (C=O) groups excluding carboxylic acids is 4. The quantitative estimate of drug-likeness (QED) is 0.267. The lowest BCUT2D eigenvalue weighted by molar-refractivity contribution is -0.141. The van der Waals surface area contributed by atoms with E-state index in [0.29, 0.717) is 49.1 Å². The topological polar surface area (TPSA) is 203 Å². The Bertz CT molecular complexity index is 2220. The normalized spacial score (nSPS) is 27.7. The van der Waals surface area contributed by atoms with Crippen LogP contribution in [-0.4, -0.2) is 87.1 Å². The number of nitrogens with zero attached hydrogens (tertiary/aromatic N) is 4. The van der Waals surface area contributed by atoms with Crippen LogP contribution in [0, 0.1) is 11.7 Å². The fourth-order valence-electron chi connectivity index (χ4n) is 7.68. The second-order valence-corrected chi connectivity index (χ2v) is 18.3. The summed E-state index contributed by atoms with van der Waals surface area (Å²) < 4.78 is 54.1. The molecule has 5 atom stereocenters. The maximum absolute atomic E-state index is 14.8. The summed E-state index contributed by atoms with van der Waals surface area (Å²) in [5, 5.41) is 9.64. The second-order valence-electron chi connectivity index (χ2n) is 16.1. The number of aromatic nitrogens is 3. The summed E-state index contributed by atoms with van der Waals surface area (Å²) in [6, 6.07) is 3.81. The Morgan fingerprint density at radius 2 is 1.93 bits per heavy atom. The van der Waals surface area contributed by atoms with Crippen LogP contribution in [0.2, 0.25) is 0 Å². The van der Waals surface area contributed by atoms with Gasteiger partial charge >= 0.3 is 0 Å². The molecule has 4 heterocycles. The molecule has 5 aliphatic rings. The Balaban J connectivity index is 1.10. The third-order valence-corrected chi connectivity index (χ3v) is 14.0. The number of fused-ring (bicyclic) bond motifs is 3. The van der Waals surface area contributed by atoms with Crippen LogP contribution in [0.25, 0.3) is 11.0 Å². The number of hydrogen-bond acceptors (Lipinski definition) is 11. The number of hydrogen-bond donors (Lipinski definition) is 3. The van der Waals surface area contributed by atoms with Gasteiger partial charge in [-0.05, 0) is 76.8 Å². The number of halogens is 1. The molecule has 15 nitrogen and oxygen atoms in total. The minimum absolute atomic E-state index is 0.0117. The van der Waals surface area contributed by atoms with Crippen LogP contribution in [0.4, 0.5) is 4.39 Å². The summed E-state index contributed by atoms with van der Waals surface area (Å²) in [5.41, 5.74) is -0.684. The summed E-state index contributed by atoms with van der Waals surface area (Å²) in [6.45, 7) is 3.32. The smallest absolute Gasteiger partial charge is 0.274 e. The zero-order chi connectivity index (χ0) is 39.4. The standard InChI is InChI=1S/C39H46FN7O8S/c1-3-26-35(43-32-25(40)11-9-13-27(32)41-26)54-24-18-30-34(49)44-39(37(51)46-56(52,53)38(2)16-17-38)20-23(39)10-7-5-4-6-8-12-28(36(50)47(30)21-24)42-33(48)29-19-31(55-45-29)22-14-15-22/h7,9-11,13,19,22-24,28,30H,3-6,8,12,14-18,20-21H2,1-2H3,(H,42,48)(H,44,49)(H,46,51). The first-order valence-corrected chi connectivity index (χ1v) is 21.0. The average molecular weight is 792 g/mol. The van der Waals surface area contributed by atoms with Crippen molar-refractivity contribution in [1.82, 2.24) is 35.4 Å². The first-order valence-electron chi connectivity index (χ1n) is 19.6. The molecular formula is C39H46FN7O8S. The fraction of sp³-hybridized carbons (Fsp3) is 0.564. The highest BCUT2D eigenvalue weighted by Gasteiger charge is 2.63. The minimum Gasteiger partial charge on any atom is -0.471 e. The van der Waals surface area contributed by atoms with E-state index in [4.69, 9.17) is 9.26 Å². The first-order chi connectivity index (χ1) is 26.8. The SMILES string of the molecule is CCc1nc2cccc(F)c2nc1OC1CC2C(=O)NC3(C(=O)NS(=O)(=O)C4(C)CC4)CC3C=CCCCCCC(NC(=O)c3cc(C4CC4)on3)C(=O)N2C1. The molecule has 0 radical (unpaired) electrons. The van der Waals surface area contributed by atoms with Crippen LogP contribution in [-0.2, 0) is 30.8 Å². The minimum atomic E-state index is -4.02. The Kier molecular flexibility index (Phi) is 9.86. The molecule has 1 saturated heterocycles. The lowest BCUT2D eigenvalue weighted by Gasteiger charge is -2.30. The third-order valence-electron chi connectivity index (χ3n) is 11.8. The largest absolute Gasteiger partial charge is 0.471 e. The molecule has 2 aromatic heterocycles. The van der Waals surface area contributed by atoms with Gasteiger partial charge in [0.1, 0.15) is 40.7 Å². The van der Waals surface area contributed by atoms with Gasteiger partial charge in [0, 0.05) is 24.3 Å². The molecule has 0 bridgehead atoms. The van der Waals surface area contributed by atoms with E-state index < -0.39 is 73.9 Å². The van der Waals surface area contributed by atoms with Gasteiger partial charge in [-0.25, -0.2) is 22.8 Å². The molecule has 3 aliphatic carbocycles. The van der Waals surface area contributed by atoms with Crippen molar-refractivity contribution < 1.29 is 41.2 Å². The first kappa shape index (κ1) is 38.0. The molecule has 298 valence electrons. The summed E-state index contributed by atoms with van der Waals surface area (Å²) in [6.07, 6.45) is 9.26. The van der Waals surface area contributed by atoms with E-state index in [2.05, 4.69) is 30.5 Å². The summed E-state index contributed by atoms with van der Waals surface area (Å²) in [5.74, 6) is -2.78. The number of carbonyl (C=O) groups is 4. The molecule has 56 heavy (non-hydrogen) atoms. The van der Waals surface area contributed by atoms with Gasteiger partial charge in [-0.3, -0.25) is 23.9 Å². The molecule has 17 heteroatoms. The Morgan fingerprint density at radius 3 is 2.68 bits per heavy atom. The lowest BCUT2D eigenvalue weighted by Crippen LogP contribution is -2.58. The molecule has 8 rings (SSSR count). The third kappa shape index (κ3) is 7.37. The predicted molar refractivity (Wildman–Crippen MR) is 199 cm³/mol. The Labute approximate surface area is 323 Å². The molecular weight excluding hydrogens is 746 g/mol. The fourth-order valence-corrected chi connectivity index (χ4v) is 8.99. The maximum atomic E-state index is 14.8. The summed E-state index contributed by atoms with van der Waals surface area (Å²) in [4.78, 5) is 66.8. The molecule has 3 aromatic rings. The number of rotatable bonds is 9. The number of nitrogens with one attached hydrogen (secondary N) is 3. The highest BCUT2D eigenvalue weighted by molar-refractivity contribution is 7.91. The van der Waals surface area contributed by atoms with Gasteiger partial charge in [-0.2, -0.15) is 0 Å². The van der Waals surface area contributed by atoms with Crippen LogP contribution in [0.5, 0.6) is 5.88 Å². The number of amides is 4. The molecule has 4 amide bonds. The van der Waals surface area contributed by atoms with Gasteiger partial charge in [0.25, 0.3) is 11.8 Å². The van der Waals surface area contributed by atoms with E-state index >= 15 is 0 Å². The number of benzene rings is 1. The van der Waals surface area contributed by atoms with E-state index in [9.17, 15) is 32.0 Å². The van der Waals surface area contributed by atoms with Crippen LogP contribution in [0.1, 0.15) is 112 Å². The average Bonchev–Trinajstić information content (AvgIpc) is 4.14. The highest BCUT2D eigenvalue weighted by Crippen LogP contribution is 2.47. The van der Waals surface area contributed by atoms with E-state index in [1.165, 1.54) is 17.0 Å². The van der Waals surface area contributed by atoms with Crippen molar-refractivity contribution >= 4 is 44.7 Å². The number of aryl methyl sites for hydroxylation is 1. The van der Waals surface area contributed by atoms with Gasteiger partial charge in [0.05, 0.1) is 16.8 Å². The van der Waals surface area contributed by atoms with E-state index in [0.717, 1.165) is 25.7 Å². The van der Waals surface area contributed by atoms with Crippen molar-refractivity contribution in [3.63, 3.8) is 0 Å². The Morgan fingerprint density at radius 1 is 1.12 bits per heavy atom. The molecule has 1 aromatic carbocycles. The zero-order valence-electron chi connectivity index (χ0n) is 31.4. The monoisotopic (exact) mass is 791 g/mol. The number of ether oxygens (including phenoxy) is 1. The molecule has 5 unspecified atom stereocenters. The van der Waals surface area contributed by atoms with E-state index in [1.807, 2.05) is 19.1 Å². The van der Waals surface area contributed by atoms with Crippen LogP contribution in [0.15, 0.2) is 40.9 Å².